The van der Waals surface area contributed by atoms with Gasteiger partial charge in [-0.3, -0.25) is 9.59 Å². The summed E-state index contributed by atoms with van der Waals surface area (Å²) >= 11 is 0. The van der Waals surface area contributed by atoms with E-state index < -0.39 is 12.1 Å². The normalized spacial score (nSPS) is 12.6. The highest BCUT2D eigenvalue weighted by Crippen LogP contribution is 2.18. The minimum absolute atomic E-state index is 0.0156. The van der Waals surface area contributed by atoms with Crippen molar-refractivity contribution in [2.75, 3.05) is 13.2 Å². The molecule has 0 aromatic rings. The van der Waals surface area contributed by atoms with Crippen molar-refractivity contribution in [3.05, 3.63) is 12.2 Å². The maximum absolute atomic E-state index is 12.5. The maximum Gasteiger partial charge on any atom is 0.305 e. The zero-order chi connectivity index (χ0) is 50.0. The van der Waals surface area contributed by atoms with Gasteiger partial charge in [0, 0.05) is 12.8 Å². The third-order valence-electron chi connectivity index (χ3n) is 14.8. The van der Waals surface area contributed by atoms with Crippen LogP contribution in [-0.4, -0.2) is 47.4 Å². The fourth-order valence-electron chi connectivity index (χ4n) is 9.99. The van der Waals surface area contributed by atoms with Gasteiger partial charge in [0.1, 0.15) is 0 Å². The van der Waals surface area contributed by atoms with Crippen molar-refractivity contribution in [3.8, 4) is 0 Å². The third-order valence-corrected chi connectivity index (χ3v) is 14.8. The van der Waals surface area contributed by atoms with Crippen LogP contribution in [0.25, 0.3) is 0 Å². The minimum atomic E-state index is -0.666. The lowest BCUT2D eigenvalue weighted by atomic mass is 10.0. The Morgan fingerprint density at radius 2 is 0.681 bits per heavy atom. The molecule has 1 amide bonds. The highest BCUT2D eigenvalue weighted by molar-refractivity contribution is 5.76. The van der Waals surface area contributed by atoms with Gasteiger partial charge in [0.2, 0.25) is 5.91 Å². The molecular weight excluding hydrogens is 851 g/mol. The van der Waals surface area contributed by atoms with E-state index in [-0.39, 0.29) is 18.5 Å². The molecule has 0 aliphatic rings. The smallest absolute Gasteiger partial charge is 0.305 e. The van der Waals surface area contributed by atoms with Gasteiger partial charge in [0.15, 0.2) is 0 Å². The van der Waals surface area contributed by atoms with Crippen LogP contribution in [0.3, 0.4) is 0 Å². The van der Waals surface area contributed by atoms with Gasteiger partial charge >= 0.3 is 5.97 Å². The summed E-state index contributed by atoms with van der Waals surface area (Å²) in [5, 5.41) is 23.2. The van der Waals surface area contributed by atoms with Gasteiger partial charge in [-0.15, -0.1) is 0 Å². The Kier molecular flexibility index (Phi) is 58.0. The molecule has 0 heterocycles. The Balaban J connectivity index is 3.38. The molecule has 0 fully saturated rings. The van der Waals surface area contributed by atoms with Gasteiger partial charge in [-0.2, -0.15) is 0 Å². The molecule has 0 saturated carbocycles. The molecule has 2 unspecified atom stereocenters. The van der Waals surface area contributed by atoms with E-state index in [1.54, 1.807) is 0 Å². The summed E-state index contributed by atoms with van der Waals surface area (Å²) in [6.45, 7) is 4.97. The second-order valence-corrected chi connectivity index (χ2v) is 21.7. The van der Waals surface area contributed by atoms with Crippen molar-refractivity contribution < 1.29 is 24.5 Å². The van der Waals surface area contributed by atoms with E-state index in [4.69, 9.17) is 4.74 Å². The van der Waals surface area contributed by atoms with Crippen molar-refractivity contribution in [2.45, 2.75) is 366 Å². The SMILES string of the molecule is CCCCCCCCCCCCCCCCCCC(=O)OCCCCCCCCCCCCCC/C=C\CCCCCCCCCC(=O)NC(CO)C(O)CCCCCCCCCCCCCCC. The molecule has 69 heavy (non-hydrogen) atoms. The molecule has 0 aromatic carbocycles. The number of esters is 1. The molecule has 2 atom stereocenters. The quantitative estimate of drug-likeness (QED) is 0.0321. The van der Waals surface area contributed by atoms with E-state index >= 15 is 0 Å². The number of carbonyl (C=O) groups is 2. The average Bonchev–Trinajstić information content (AvgIpc) is 3.35. The number of aliphatic hydroxyl groups is 2. The van der Waals surface area contributed by atoms with E-state index in [2.05, 4.69) is 31.3 Å². The number of rotatable bonds is 59. The fraction of sp³-hybridized carbons (Fsp3) is 0.937. The first-order valence-corrected chi connectivity index (χ1v) is 31.4. The molecule has 410 valence electrons. The summed E-state index contributed by atoms with van der Waals surface area (Å²) in [5.74, 6) is -0.0240. The summed E-state index contributed by atoms with van der Waals surface area (Å²) in [7, 11) is 0. The van der Waals surface area contributed by atoms with Crippen LogP contribution in [0.2, 0.25) is 0 Å². The van der Waals surface area contributed by atoms with Crippen LogP contribution in [0.5, 0.6) is 0 Å². The molecule has 0 saturated heterocycles. The number of hydrogen-bond acceptors (Lipinski definition) is 5. The lowest BCUT2D eigenvalue weighted by molar-refractivity contribution is -0.143. The number of aliphatic hydroxyl groups excluding tert-OH is 2. The van der Waals surface area contributed by atoms with E-state index in [0.29, 0.717) is 25.9 Å². The minimum Gasteiger partial charge on any atom is -0.466 e. The van der Waals surface area contributed by atoms with Crippen LogP contribution in [0.4, 0.5) is 0 Å². The van der Waals surface area contributed by atoms with Crippen LogP contribution in [0.1, 0.15) is 354 Å². The molecule has 0 aliphatic carbocycles. The lowest BCUT2D eigenvalue weighted by Crippen LogP contribution is -2.45. The second kappa shape index (κ2) is 59.2. The number of carbonyl (C=O) groups excluding carboxylic acids is 2. The van der Waals surface area contributed by atoms with E-state index in [1.807, 2.05) is 0 Å². The second-order valence-electron chi connectivity index (χ2n) is 21.7. The van der Waals surface area contributed by atoms with Crippen LogP contribution < -0.4 is 5.32 Å². The standard InChI is InChI=1S/C63H123NO5/c1-3-5-7-9-11-13-15-17-18-29-33-37-41-45-49-53-57-63(68)69-58-54-50-46-42-38-34-30-27-25-23-21-19-20-22-24-26-28-32-36-40-44-48-52-56-62(67)64-60(59-65)61(66)55-51-47-43-39-35-31-16-14-12-10-8-6-4-2/h22,24,60-61,65-66H,3-21,23,25-59H2,1-2H3,(H,64,67)/b24-22-. The summed E-state index contributed by atoms with van der Waals surface area (Å²) in [5.41, 5.74) is 0. The van der Waals surface area contributed by atoms with Crippen LogP contribution in [-0.2, 0) is 14.3 Å². The van der Waals surface area contributed by atoms with E-state index in [1.165, 1.54) is 283 Å². The molecule has 0 spiro atoms. The van der Waals surface area contributed by atoms with E-state index in [9.17, 15) is 19.8 Å². The molecule has 0 aliphatic heterocycles. The molecule has 0 rings (SSSR count). The summed E-state index contributed by atoms with van der Waals surface area (Å²) in [6.07, 6.45) is 70.8. The zero-order valence-electron chi connectivity index (χ0n) is 46.8. The number of allylic oxidation sites excluding steroid dienone is 2. The van der Waals surface area contributed by atoms with Crippen LogP contribution in [0.15, 0.2) is 12.2 Å². The van der Waals surface area contributed by atoms with Gasteiger partial charge in [0.05, 0.1) is 25.4 Å². The number of hydrogen-bond donors (Lipinski definition) is 3. The first kappa shape index (κ1) is 67.6. The highest BCUT2D eigenvalue weighted by atomic mass is 16.5. The largest absolute Gasteiger partial charge is 0.466 e. The molecule has 0 radical (unpaired) electrons. The zero-order valence-corrected chi connectivity index (χ0v) is 46.8. The van der Waals surface area contributed by atoms with Crippen molar-refractivity contribution in [2.24, 2.45) is 0 Å². The highest BCUT2D eigenvalue weighted by Gasteiger charge is 2.20. The number of ether oxygens (including phenoxy) is 1. The van der Waals surface area contributed by atoms with Crippen molar-refractivity contribution in [1.29, 1.82) is 0 Å². The van der Waals surface area contributed by atoms with Crippen molar-refractivity contribution in [1.82, 2.24) is 5.32 Å². The summed E-state index contributed by atoms with van der Waals surface area (Å²) in [6, 6.07) is -0.544. The molecule has 3 N–H and O–H groups in total. The maximum atomic E-state index is 12.5. The van der Waals surface area contributed by atoms with Gasteiger partial charge in [0.25, 0.3) is 0 Å². The first-order valence-electron chi connectivity index (χ1n) is 31.4. The van der Waals surface area contributed by atoms with Crippen molar-refractivity contribution in [3.63, 3.8) is 0 Å². The Bertz CT molecular complexity index is 1030. The monoisotopic (exact) mass is 974 g/mol. The molecule has 6 nitrogen and oxygen atoms in total. The molecular formula is C63H123NO5. The van der Waals surface area contributed by atoms with Gasteiger partial charge in [-0.1, -0.05) is 302 Å². The Hall–Kier alpha value is -1.40. The van der Waals surface area contributed by atoms with Gasteiger partial charge in [-0.25, -0.2) is 0 Å². The summed E-state index contributed by atoms with van der Waals surface area (Å²) in [4.78, 5) is 24.5. The first-order chi connectivity index (χ1) is 34.0. The number of unbranched alkanes of at least 4 members (excludes halogenated alkanes) is 46. The fourth-order valence-corrected chi connectivity index (χ4v) is 9.99. The molecule has 0 aromatic heterocycles. The summed E-state index contributed by atoms with van der Waals surface area (Å²) < 4.78 is 5.49. The molecule has 0 bridgehead atoms. The molecule has 6 heteroatoms. The Morgan fingerprint density at radius 1 is 0.391 bits per heavy atom. The van der Waals surface area contributed by atoms with Crippen molar-refractivity contribution >= 4 is 11.9 Å². The van der Waals surface area contributed by atoms with Gasteiger partial charge in [-0.05, 0) is 51.4 Å². The average molecular weight is 975 g/mol. The lowest BCUT2D eigenvalue weighted by Gasteiger charge is -2.22. The van der Waals surface area contributed by atoms with Crippen LogP contribution >= 0.6 is 0 Å². The predicted octanol–water partition coefficient (Wildman–Crippen LogP) is 19.6. The van der Waals surface area contributed by atoms with Crippen LogP contribution in [0, 0.1) is 0 Å². The number of amides is 1. The Morgan fingerprint density at radius 3 is 1.03 bits per heavy atom. The topological polar surface area (TPSA) is 95.9 Å². The van der Waals surface area contributed by atoms with Gasteiger partial charge < -0.3 is 20.3 Å². The van der Waals surface area contributed by atoms with E-state index in [0.717, 1.165) is 38.5 Å². The third kappa shape index (κ3) is 55.8. The Labute approximate surface area is 431 Å². The predicted molar refractivity (Wildman–Crippen MR) is 301 cm³/mol. The number of nitrogens with one attached hydrogen (secondary N) is 1.